The molecule has 44 nitrogen and oxygen atoms in total. The second kappa shape index (κ2) is 48.4. The molecule has 720 valence electrons. The third kappa shape index (κ3) is 28.4. The van der Waals surface area contributed by atoms with E-state index in [-0.39, 0.29) is 89.0 Å². The number of aliphatic hydroxyl groups excluding tert-OH is 2. The first-order chi connectivity index (χ1) is 63.2. The van der Waals surface area contributed by atoms with Crippen LogP contribution in [0, 0.1) is 11.3 Å². The number of para-hydroxylation sites is 2. The maximum absolute atomic E-state index is 15.6. The third-order valence-electron chi connectivity index (χ3n) is 23.7. The number of likely N-dealkylation sites (N-methyl/N-ethyl adjacent to an activating group) is 3. The lowest BCUT2D eigenvalue weighted by molar-refractivity contribution is -0.149. The van der Waals surface area contributed by atoms with Crippen molar-refractivity contribution in [3.05, 3.63) is 120 Å². The summed E-state index contributed by atoms with van der Waals surface area (Å²) >= 11 is 0.751. The minimum absolute atomic E-state index is 0.0194. The molecule has 24 N–H and O–H groups in total. The molecule has 3 aromatic heterocycles. The Labute approximate surface area is 771 Å². The number of hydrogen-bond donors (Lipinski definition) is 21. The lowest BCUT2D eigenvalue weighted by Crippen LogP contribution is -2.61. The number of aromatic hydroxyl groups is 1. The number of phenols is 1. The summed E-state index contributed by atoms with van der Waals surface area (Å²) in [5.74, 6) is -18.3. The standard InChI is InChI=1S/C88H122N24O20S/c1-9-10-22-69-87(132)109(7)48(5)74(119)100-59(21-15-28-94-88(91)92)77(122)107-67(76(121)97-40-72(90)117)43-133-44-73(118)99-63(31-49-24-26-53(114)27-25-49)83(128)108(6)47(4)75(120)103-65(36-71(89)116)85(130)111-29-16-23-68(111)81(126)102-61(34-52-39-93-45-98-52)79(124)104-62(30-46(2)3)86(131)112-41-54(115)35-70(112)82(127)101-60(32-50-37-95-57-19-13-11-17-55(50)57)78(123)106-66(42-113)80(125)105-64(84(129)110(69)8)33-51-38-96-58-20-14-12-18-56(51)58/h11-14,17-20,24-27,37-39,45-48,54,59-70,95-96,113-115H,9-10,15-16,21-23,28-36,40-44H2,1-8H3,(H2,89,116)(H2,90,117)(H,93,98)(H,97,121)(H,99,118)(H,100,119)(H,101,127)(H,102,126)(H,103,120)(H,104,124)(H,105,125)(H,106,123)(H,107,122)(H4,91,92,94)/t47-,48-,54+,59-,60-,61-,62-,63-,64-,65-,66-,67?,68-,69-,70-/m0/s1. The molecule has 6 aromatic rings. The quantitative estimate of drug-likeness (QED) is 0.0165. The van der Waals surface area contributed by atoms with Gasteiger partial charge in [0, 0.05) is 125 Å². The molecule has 3 saturated heterocycles. The van der Waals surface area contributed by atoms with E-state index in [0.29, 0.717) is 57.0 Å². The van der Waals surface area contributed by atoms with Gasteiger partial charge in [0.15, 0.2) is 5.96 Å². The van der Waals surface area contributed by atoms with Crippen LogP contribution in [-0.2, 0) is 107 Å². The predicted octanol–water partition coefficient (Wildman–Crippen LogP) is -4.10. The fourth-order valence-electron chi connectivity index (χ4n) is 16.1. The zero-order valence-electron chi connectivity index (χ0n) is 75.4. The van der Waals surface area contributed by atoms with Crippen LogP contribution in [0.4, 0.5) is 0 Å². The zero-order chi connectivity index (χ0) is 97.2. The molecular weight excluding hydrogens is 1750 g/mol. The highest BCUT2D eigenvalue weighted by atomic mass is 32.2. The van der Waals surface area contributed by atoms with Crippen molar-refractivity contribution in [1.82, 2.24) is 103 Å². The molecule has 45 heteroatoms. The number of unbranched alkanes of at least 4 members (excludes halogenated alkanes) is 1. The van der Waals surface area contributed by atoms with Crippen LogP contribution in [0.15, 0.2) is 97.7 Å². The van der Waals surface area contributed by atoms with Gasteiger partial charge in [0.25, 0.3) is 0 Å². The van der Waals surface area contributed by atoms with Gasteiger partial charge in [0.05, 0.1) is 37.8 Å². The number of benzene rings is 3. The number of nitrogens with one attached hydrogen (secondary N) is 15. The van der Waals surface area contributed by atoms with Crippen LogP contribution in [0.5, 0.6) is 5.75 Å². The normalized spacial score (nSPS) is 25.0. The van der Waals surface area contributed by atoms with Crippen molar-refractivity contribution in [3.63, 3.8) is 0 Å². The molecule has 17 amide bonds. The number of nitrogens with zero attached hydrogens (tertiary/aromatic N) is 6. The monoisotopic (exact) mass is 1870 g/mol. The minimum Gasteiger partial charge on any atom is -0.508 e. The van der Waals surface area contributed by atoms with Crippen LogP contribution >= 0.6 is 11.8 Å². The summed E-state index contributed by atoms with van der Waals surface area (Å²) in [6.45, 7) is 5.47. The Morgan fingerprint density at radius 3 is 1.68 bits per heavy atom. The summed E-state index contributed by atoms with van der Waals surface area (Å²) in [6.07, 6.45) is 2.80. The molecular formula is C88H122N24O20S. The molecule has 3 aromatic carbocycles. The molecule has 15 atom stereocenters. The first kappa shape index (κ1) is 103. The Morgan fingerprint density at radius 1 is 0.564 bits per heavy atom. The smallest absolute Gasteiger partial charge is 0.246 e. The van der Waals surface area contributed by atoms with E-state index in [1.165, 1.54) is 71.8 Å². The Kier molecular flexibility index (Phi) is 37.5. The summed E-state index contributed by atoms with van der Waals surface area (Å²) in [7, 11) is 3.81. The lowest BCUT2D eigenvalue weighted by Gasteiger charge is -2.35. The average Bonchev–Trinajstić information content (AvgIpc) is 1.69. The molecule has 133 heavy (non-hydrogen) atoms. The molecule has 0 aliphatic carbocycles. The van der Waals surface area contributed by atoms with Gasteiger partial charge in [-0.05, 0) is 99.2 Å². The van der Waals surface area contributed by atoms with Gasteiger partial charge in [-0.3, -0.25) is 86.9 Å². The number of primary amides is 2. The number of carbonyl (C=O) groups is 17. The minimum atomic E-state index is -1.89. The van der Waals surface area contributed by atoms with Crippen molar-refractivity contribution in [2.45, 2.75) is 215 Å². The van der Waals surface area contributed by atoms with Crippen molar-refractivity contribution in [2.24, 2.45) is 23.1 Å². The summed E-state index contributed by atoms with van der Waals surface area (Å²) in [4.78, 5) is 267. The van der Waals surface area contributed by atoms with Crippen LogP contribution in [0.2, 0.25) is 0 Å². The number of aliphatic hydroxyl groups is 2. The number of aromatic amines is 3. The van der Waals surface area contributed by atoms with Gasteiger partial charge < -0.3 is 130 Å². The number of amides is 17. The predicted molar refractivity (Wildman–Crippen MR) is 486 cm³/mol. The van der Waals surface area contributed by atoms with E-state index in [9.17, 15) is 63.3 Å². The van der Waals surface area contributed by atoms with Gasteiger partial charge in [0.2, 0.25) is 100 Å². The van der Waals surface area contributed by atoms with Crippen molar-refractivity contribution in [2.75, 3.05) is 65.4 Å². The number of carbonyl (C=O) groups excluding carboxylic acids is 17. The van der Waals surface area contributed by atoms with Crippen LogP contribution < -0.4 is 75.7 Å². The van der Waals surface area contributed by atoms with Crippen molar-refractivity contribution < 1.29 is 96.8 Å². The Hall–Kier alpha value is -13.7. The molecule has 3 aliphatic heterocycles. The fourth-order valence-corrected chi connectivity index (χ4v) is 17.0. The largest absolute Gasteiger partial charge is 0.508 e. The highest BCUT2D eigenvalue weighted by Crippen LogP contribution is 2.28. The number of thioether (sulfide) groups is 1. The average molecular weight is 1870 g/mol. The van der Waals surface area contributed by atoms with Gasteiger partial charge in [-0.2, -0.15) is 0 Å². The van der Waals surface area contributed by atoms with Crippen molar-refractivity contribution >= 4 is 140 Å². The number of rotatable bonds is 23. The summed E-state index contributed by atoms with van der Waals surface area (Å²) < 4.78 is 0. The van der Waals surface area contributed by atoms with Crippen molar-refractivity contribution in [1.29, 1.82) is 5.41 Å². The number of H-pyrrole nitrogens is 3. The maximum Gasteiger partial charge on any atom is 0.246 e. The maximum atomic E-state index is 15.6. The van der Waals surface area contributed by atoms with Gasteiger partial charge >= 0.3 is 0 Å². The molecule has 0 spiro atoms. The number of guanidine groups is 1. The van der Waals surface area contributed by atoms with E-state index in [0.717, 1.165) is 36.3 Å². The van der Waals surface area contributed by atoms with E-state index in [1.54, 1.807) is 74.8 Å². The number of fused-ring (bicyclic) bond motifs is 4. The van der Waals surface area contributed by atoms with E-state index >= 15 is 33.6 Å². The molecule has 6 heterocycles. The van der Waals surface area contributed by atoms with Gasteiger partial charge in [-0.1, -0.05) is 82.1 Å². The summed E-state index contributed by atoms with van der Waals surface area (Å²) in [5, 5.41) is 70.6. The molecule has 0 radical (unpaired) electrons. The third-order valence-corrected chi connectivity index (χ3v) is 24.7. The fraction of sp³-hybridized carbons (Fsp3) is 0.511. The van der Waals surface area contributed by atoms with E-state index in [2.05, 4.69) is 78.4 Å². The topological polar surface area (TPSA) is 662 Å². The number of nitrogens with two attached hydrogens (primary N) is 3. The number of hydrogen-bond acceptors (Lipinski definition) is 23. The van der Waals surface area contributed by atoms with E-state index in [4.69, 9.17) is 22.6 Å². The van der Waals surface area contributed by atoms with Crippen LogP contribution in [0.3, 0.4) is 0 Å². The first-order valence-electron chi connectivity index (χ1n) is 44.0. The Morgan fingerprint density at radius 2 is 1.10 bits per heavy atom. The molecule has 3 fully saturated rings. The zero-order valence-corrected chi connectivity index (χ0v) is 76.2. The summed E-state index contributed by atoms with van der Waals surface area (Å²) in [5.41, 5.74) is 19.6. The Bertz CT molecular complexity index is 5190. The van der Waals surface area contributed by atoms with Gasteiger partial charge in [-0.15, -0.1) is 11.8 Å². The van der Waals surface area contributed by atoms with Crippen LogP contribution in [-0.4, -0.2) is 322 Å². The number of imidazole rings is 1. The number of aromatic nitrogens is 4. The molecule has 1 unspecified atom stereocenters. The first-order valence-corrected chi connectivity index (χ1v) is 45.2. The highest BCUT2D eigenvalue weighted by molar-refractivity contribution is 8.00. The molecule has 0 saturated carbocycles. The number of phenolic OH excluding ortho intramolecular Hbond substituents is 1. The summed E-state index contributed by atoms with van der Waals surface area (Å²) in [6, 6.07) is -2.41. The van der Waals surface area contributed by atoms with Crippen LogP contribution in [0.25, 0.3) is 21.8 Å². The second-order valence-corrected chi connectivity index (χ2v) is 35.0. The SMILES string of the molecule is CCCC[C@H]1C(=O)N(C)[C@@H](C)C(=O)N[C@@H](CCCNC(=N)N)C(=O)NC(C(=O)NCC(N)=O)CSCC(=O)N[C@@H](Cc2ccc(O)cc2)C(=O)N(C)[C@@H](C)C(=O)N[C@@H](CC(N)=O)C(=O)N2CCC[C@H]2C(=O)N[C@@H](Cc2cnc[nH]2)C(=O)N[C@@H](CC(C)C)C(=O)N2C[C@H](O)C[C@H]2C(=O)N[C@@H](Cc2c[nH]c3ccccc23)C(=O)N[C@@H](CO)C(=O)N[C@@H](Cc2c[nH]c3ccccc23)C(=O)N1C. The second-order valence-electron chi connectivity index (χ2n) is 34.0. The van der Waals surface area contributed by atoms with Gasteiger partial charge in [0.1, 0.15) is 90.3 Å². The highest BCUT2D eigenvalue weighted by Gasteiger charge is 2.47. The van der Waals surface area contributed by atoms with Gasteiger partial charge in [-0.25, -0.2) is 4.98 Å². The van der Waals surface area contributed by atoms with E-state index in [1.807, 2.05) is 6.92 Å². The van der Waals surface area contributed by atoms with E-state index < -0.39 is 241 Å². The van der Waals surface area contributed by atoms with Crippen LogP contribution in [0.1, 0.15) is 121 Å². The molecule has 3 aliphatic rings. The van der Waals surface area contributed by atoms with Crippen molar-refractivity contribution in [3.8, 4) is 5.75 Å². The molecule has 9 rings (SSSR count). The molecule has 0 bridgehead atoms. The Balaban J connectivity index is 1.08. The lowest BCUT2D eigenvalue weighted by atomic mass is 10.0.